The number of thiophene rings is 1. The van der Waals surface area contributed by atoms with E-state index in [-0.39, 0.29) is 16.9 Å². The number of carbonyl (C=O) groups is 1. The number of aromatic amines is 1. The van der Waals surface area contributed by atoms with Crippen molar-refractivity contribution >= 4 is 34.3 Å². The zero-order valence-corrected chi connectivity index (χ0v) is 14.1. The van der Waals surface area contributed by atoms with E-state index in [4.69, 9.17) is 0 Å². The second-order valence-electron chi connectivity index (χ2n) is 5.25. The maximum Gasteiger partial charge on any atom is 0.281 e. The molecule has 2 N–H and O–H groups in total. The molecular formula is C15H11N5O5S. The first-order chi connectivity index (χ1) is 12.4. The summed E-state index contributed by atoms with van der Waals surface area (Å²) < 4.78 is 0. The highest BCUT2D eigenvalue weighted by molar-refractivity contribution is 7.13. The highest BCUT2D eigenvalue weighted by Crippen LogP contribution is 2.32. The zero-order chi connectivity index (χ0) is 18.8. The quantitative estimate of drug-likeness (QED) is 0.517. The number of amides is 1. The van der Waals surface area contributed by atoms with Gasteiger partial charge in [-0.3, -0.25) is 30.1 Å². The smallest absolute Gasteiger partial charge is 0.281 e. The molecule has 11 heteroatoms. The summed E-state index contributed by atoms with van der Waals surface area (Å²) in [6.45, 7) is 1.28. The molecule has 0 saturated heterocycles. The largest absolute Gasteiger partial charge is 0.320 e. The van der Waals surface area contributed by atoms with Crippen LogP contribution in [0.1, 0.15) is 16.1 Å². The molecule has 2 aromatic heterocycles. The minimum Gasteiger partial charge on any atom is -0.320 e. The van der Waals surface area contributed by atoms with E-state index in [2.05, 4.69) is 15.5 Å². The lowest BCUT2D eigenvalue weighted by Gasteiger charge is -2.05. The van der Waals surface area contributed by atoms with Crippen molar-refractivity contribution in [2.45, 2.75) is 6.92 Å². The van der Waals surface area contributed by atoms with Crippen LogP contribution in [-0.4, -0.2) is 26.0 Å². The van der Waals surface area contributed by atoms with Crippen LogP contribution in [0, 0.1) is 27.2 Å². The normalized spacial score (nSPS) is 10.5. The second-order valence-corrected chi connectivity index (χ2v) is 6.20. The molecule has 26 heavy (non-hydrogen) atoms. The van der Waals surface area contributed by atoms with E-state index in [9.17, 15) is 25.0 Å². The SMILES string of the molecule is Cc1c([N+](=O)[O-])cc(NC(=O)c2cc(-c3cccs3)[nH]n2)cc1[N+](=O)[O-]. The molecule has 0 bridgehead atoms. The van der Waals surface area contributed by atoms with Crippen molar-refractivity contribution in [1.29, 1.82) is 0 Å². The van der Waals surface area contributed by atoms with Crippen LogP contribution in [0.2, 0.25) is 0 Å². The van der Waals surface area contributed by atoms with Crippen molar-refractivity contribution in [1.82, 2.24) is 10.2 Å². The fraction of sp³-hybridized carbons (Fsp3) is 0.0667. The molecule has 3 rings (SSSR count). The Morgan fingerprint density at radius 3 is 2.38 bits per heavy atom. The molecule has 0 spiro atoms. The lowest BCUT2D eigenvalue weighted by atomic mass is 10.1. The molecule has 0 fully saturated rings. The topological polar surface area (TPSA) is 144 Å². The van der Waals surface area contributed by atoms with E-state index in [0.29, 0.717) is 5.69 Å². The van der Waals surface area contributed by atoms with Gasteiger partial charge in [0, 0.05) is 12.1 Å². The van der Waals surface area contributed by atoms with Gasteiger partial charge in [0.25, 0.3) is 17.3 Å². The zero-order valence-electron chi connectivity index (χ0n) is 13.3. The van der Waals surface area contributed by atoms with Crippen LogP contribution in [0.4, 0.5) is 17.1 Å². The van der Waals surface area contributed by atoms with Crippen molar-refractivity contribution < 1.29 is 14.6 Å². The van der Waals surface area contributed by atoms with E-state index in [0.717, 1.165) is 17.0 Å². The number of aromatic nitrogens is 2. The average molecular weight is 373 g/mol. The Morgan fingerprint density at radius 2 is 1.85 bits per heavy atom. The molecule has 10 nitrogen and oxygen atoms in total. The lowest BCUT2D eigenvalue weighted by molar-refractivity contribution is -0.395. The van der Waals surface area contributed by atoms with Gasteiger partial charge in [0.15, 0.2) is 5.69 Å². The predicted octanol–water partition coefficient (Wildman–Crippen LogP) is 3.52. The molecule has 3 aromatic rings. The molecule has 0 aliphatic rings. The van der Waals surface area contributed by atoms with Gasteiger partial charge < -0.3 is 5.32 Å². The number of nitrogens with one attached hydrogen (secondary N) is 2. The molecule has 2 heterocycles. The van der Waals surface area contributed by atoms with Gasteiger partial charge in [-0.2, -0.15) is 5.10 Å². The summed E-state index contributed by atoms with van der Waals surface area (Å²) in [5.74, 6) is -0.642. The maximum atomic E-state index is 12.3. The number of benzene rings is 1. The van der Waals surface area contributed by atoms with Crippen molar-refractivity contribution in [2.24, 2.45) is 0 Å². The molecule has 0 aliphatic carbocycles. The number of carbonyl (C=O) groups excluding carboxylic acids is 1. The third-order valence-electron chi connectivity index (χ3n) is 3.60. The summed E-state index contributed by atoms with van der Waals surface area (Å²) in [5, 5.41) is 33.1. The van der Waals surface area contributed by atoms with E-state index in [1.165, 1.54) is 24.3 Å². The van der Waals surface area contributed by atoms with E-state index in [1.54, 1.807) is 0 Å². The van der Waals surface area contributed by atoms with Gasteiger partial charge in [0.1, 0.15) is 5.56 Å². The number of rotatable bonds is 5. The number of hydrogen-bond donors (Lipinski definition) is 2. The first kappa shape index (κ1) is 17.2. The Hall–Kier alpha value is -3.60. The van der Waals surface area contributed by atoms with Crippen LogP contribution in [0.3, 0.4) is 0 Å². The number of hydrogen-bond acceptors (Lipinski definition) is 7. The number of nitro groups is 2. The monoisotopic (exact) mass is 373 g/mol. The summed E-state index contributed by atoms with van der Waals surface area (Å²) in [4.78, 5) is 33.9. The van der Waals surface area contributed by atoms with Crippen LogP contribution in [0.15, 0.2) is 35.7 Å². The molecular weight excluding hydrogens is 362 g/mol. The molecule has 0 saturated carbocycles. The summed E-state index contributed by atoms with van der Waals surface area (Å²) in [6.07, 6.45) is 0. The predicted molar refractivity (Wildman–Crippen MR) is 94.3 cm³/mol. The third-order valence-corrected chi connectivity index (χ3v) is 4.50. The summed E-state index contributed by atoms with van der Waals surface area (Å²) >= 11 is 1.46. The fourth-order valence-electron chi connectivity index (χ4n) is 2.33. The Balaban J connectivity index is 1.90. The number of H-pyrrole nitrogens is 1. The van der Waals surface area contributed by atoms with Crippen molar-refractivity contribution in [3.8, 4) is 10.6 Å². The van der Waals surface area contributed by atoms with E-state index >= 15 is 0 Å². The van der Waals surface area contributed by atoms with E-state index in [1.807, 2.05) is 17.5 Å². The van der Waals surface area contributed by atoms with Crippen molar-refractivity contribution in [2.75, 3.05) is 5.32 Å². The van der Waals surface area contributed by atoms with Crippen molar-refractivity contribution in [3.05, 3.63) is 67.2 Å². The number of nitrogens with zero attached hydrogens (tertiary/aromatic N) is 3. The van der Waals surface area contributed by atoms with E-state index < -0.39 is 27.1 Å². The standard InChI is InChI=1S/C15H11N5O5S/c1-8-12(19(22)23)5-9(6-13(8)20(24)25)16-15(21)11-7-10(17-18-11)14-3-2-4-26-14/h2-7H,1H3,(H,16,21)(H,17,18). The molecule has 0 unspecified atom stereocenters. The summed E-state index contributed by atoms with van der Waals surface area (Å²) in [6, 6.07) is 7.38. The Morgan fingerprint density at radius 1 is 1.19 bits per heavy atom. The van der Waals surface area contributed by atoms with Crippen LogP contribution in [0.5, 0.6) is 0 Å². The number of anilines is 1. The third kappa shape index (κ3) is 3.28. The van der Waals surface area contributed by atoms with Gasteiger partial charge in [-0.25, -0.2) is 0 Å². The highest BCUT2D eigenvalue weighted by atomic mass is 32.1. The van der Waals surface area contributed by atoms with Gasteiger partial charge >= 0.3 is 0 Å². The van der Waals surface area contributed by atoms with Gasteiger partial charge in [-0.1, -0.05) is 6.07 Å². The molecule has 0 radical (unpaired) electrons. The molecule has 0 atom stereocenters. The fourth-order valence-corrected chi connectivity index (χ4v) is 3.02. The first-order valence-electron chi connectivity index (χ1n) is 7.21. The maximum absolute atomic E-state index is 12.3. The van der Waals surface area contributed by atoms with Gasteiger partial charge in [-0.15, -0.1) is 11.3 Å². The summed E-state index contributed by atoms with van der Waals surface area (Å²) in [7, 11) is 0. The van der Waals surface area contributed by atoms with Gasteiger partial charge in [0.2, 0.25) is 0 Å². The van der Waals surface area contributed by atoms with Crippen LogP contribution in [-0.2, 0) is 0 Å². The Kier molecular flexibility index (Phi) is 4.45. The van der Waals surface area contributed by atoms with Crippen LogP contribution >= 0.6 is 11.3 Å². The minimum absolute atomic E-state index is 0.0549. The minimum atomic E-state index is -0.735. The lowest BCUT2D eigenvalue weighted by Crippen LogP contribution is -2.13. The number of nitro benzene ring substituents is 2. The second kappa shape index (κ2) is 6.72. The highest BCUT2D eigenvalue weighted by Gasteiger charge is 2.24. The van der Waals surface area contributed by atoms with Gasteiger partial charge in [0.05, 0.1) is 26.1 Å². The molecule has 1 amide bonds. The first-order valence-corrected chi connectivity index (χ1v) is 8.09. The molecule has 1 aromatic carbocycles. The van der Waals surface area contributed by atoms with Crippen LogP contribution < -0.4 is 5.32 Å². The molecule has 132 valence electrons. The van der Waals surface area contributed by atoms with Gasteiger partial charge in [-0.05, 0) is 24.4 Å². The summed E-state index contributed by atoms with van der Waals surface area (Å²) in [5.41, 5.74) is -0.339. The van der Waals surface area contributed by atoms with Crippen molar-refractivity contribution in [3.63, 3.8) is 0 Å². The van der Waals surface area contributed by atoms with Crippen LogP contribution in [0.25, 0.3) is 10.6 Å². The Labute approximate surface area is 149 Å². The molecule has 0 aliphatic heterocycles. The Bertz CT molecular complexity index is 976. The average Bonchev–Trinajstić information content (AvgIpc) is 3.26.